The van der Waals surface area contributed by atoms with E-state index < -0.39 is 0 Å². The van der Waals surface area contributed by atoms with Crippen LogP contribution in [0.15, 0.2) is 45.5 Å². The van der Waals surface area contributed by atoms with E-state index in [1.54, 1.807) is 6.26 Å². The summed E-state index contributed by atoms with van der Waals surface area (Å²) in [5.74, 6) is 0.902. The zero-order valence-corrected chi connectivity index (χ0v) is 9.54. The Morgan fingerprint density at radius 2 is 2.14 bits per heavy atom. The van der Waals surface area contributed by atoms with Gasteiger partial charge in [0, 0.05) is 10.0 Å². The van der Waals surface area contributed by atoms with Gasteiger partial charge in [-0.25, -0.2) is 0 Å². The molecule has 14 heavy (non-hydrogen) atoms. The zero-order chi connectivity index (χ0) is 9.97. The van der Waals surface area contributed by atoms with E-state index in [1.807, 2.05) is 12.1 Å². The van der Waals surface area contributed by atoms with Crippen LogP contribution in [-0.4, -0.2) is 0 Å². The normalized spacial score (nSPS) is 10.4. The molecule has 1 nitrogen and oxygen atoms in total. The van der Waals surface area contributed by atoms with E-state index in [-0.39, 0.29) is 0 Å². The second-order valence-corrected chi connectivity index (χ2v) is 4.00. The van der Waals surface area contributed by atoms with Gasteiger partial charge in [-0.3, -0.25) is 0 Å². The molecule has 0 spiro atoms. The summed E-state index contributed by atoms with van der Waals surface area (Å²) in [6, 6.07) is 10.2. The van der Waals surface area contributed by atoms with Crippen LogP contribution in [0.1, 0.15) is 12.5 Å². The second-order valence-electron chi connectivity index (χ2n) is 3.15. The van der Waals surface area contributed by atoms with Crippen molar-refractivity contribution < 1.29 is 4.42 Å². The summed E-state index contributed by atoms with van der Waals surface area (Å²) < 4.78 is 6.43. The molecule has 0 atom stereocenters. The van der Waals surface area contributed by atoms with Crippen molar-refractivity contribution in [1.29, 1.82) is 0 Å². The number of rotatable bonds is 2. The number of aryl methyl sites for hydroxylation is 1. The van der Waals surface area contributed by atoms with Crippen molar-refractivity contribution in [3.63, 3.8) is 0 Å². The first kappa shape index (κ1) is 9.53. The smallest absolute Gasteiger partial charge is 0.134 e. The number of hydrogen-bond acceptors (Lipinski definition) is 1. The van der Waals surface area contributed by atoms with E-state index in [4.69, 9.17) is 4.42 Å². The molecule has 1 heterocycles. The molecule has 1 aromatic carbocycles. The predicted octanol–water partition coefficient (Wildman–Crippen LogP) is 4.27. The predicted molar refractivity (Wildman–Crippen MR) is 61.2 cm³/mol. The molecule has 0 amide bonds. The Morgan fingerprint density at radius 3 is 2.71 bits per heavy atom. The van der Waals surface area contributed by atoms with Crippen LogP contribution in [0.4, 0.5) is 0 Å². The van der Waals surface area contributed by atoms with Gasteiger partial charge in [-0.15, -0.1) is 0 Å². The largest absolute Gasteiger partial charge is 0.464 e. The van der Waals surface area contributed by atoms with Crippen LogP contribution in [0.3, 0.4) is 0 Å². The topological polar surface area (TPSA) is 13.1 Å². The van der Waals surface area contributed by atoms with Gasteiger partial charge in [0.25, 0.3) is 0 Å². The Kier molecular flexibility index (Phi) is 2.73. The lowest BCUT2D eigenvalue weighted by molar-refractivity contribution is 0.582. The Balaban J connectivity index is 2.46. The third kappa shape index (κ3) is 1.75. The van der Waals surface area contributed by atoms with Gasteiger partial charge in [-0.05, 0) is 36.2 Å². The molecule has 0 saturated carbocycles. The fourth-order valence-electron chi connectivity index (χ4n) is 1.41. The van der Waals surface area contributed by atoms with Crippen molar-refractivity contribution in [2.75, 3.05) is 0 Å². The van der Waals surface area contributed by atoms with Crippen molar-refractivity contribution >= 4 is 15.9 Å². The van der Waals surface area contributed by atoms with Gasteiger partial charge in [-0.2, -0.15) is 0 Å². The summed E-state index contributed by atoms with van der Waals surface area (Å²) in [6.45, 7) is 2.15. The SMILES string of the molecule is CCc1ccc(-c2ccco2)c(Br)c1. The van der Waals surface area contributed by atoms with Gasteiger partial charge in [-0.1, -0.05) is 28.9 Å². The average molecular weight is 251 g/mol. The molecule has 2 heteroatoms. The molecule has 72 valence electrons. The first-order chi connectivity index (χ1) is 6.81. The average Bonchev–Trinajstić information content (AvgIpc) is 2.70. The standard InChI is InChI=1S/C12H11BrO/c1-2-9-5-6-10(11(13)8-9)12-4-3-7-14-12/h3-8H,2H2,1H3. The van der Waals surface area contributed by atoms with E-state index in [2.05, 4.69) is 41.1 Å². The maximum Gasteiger partial charge on any atom is 0.134 e. The second kappa shape index (κ2) is 4.01. The van der Waals surface area contributed by atoms with Crippen molar-refractivity contribution in [2.45, 2.75) is 13.3 Å². The third-order valence-corrected chi connectivity index (χ3v) is 2.88. The van der Waals surface area contributed by atoms with E-state index in [0.29, 0.717) is 0 Å². The zero-order valence-electron chi connectivity index (χ0n) is 7.96. The van der Waals surface area contributed by atoms with E-state index >= 15 is 0 Å². The highest BCUT2D eigenvalue weighted by atomic mass is 79.9. The Morgan fingerprint density at radius 1 is 1.29 bits per heavy atom. The van der Waals surface area contributed by atoms with Gasteiger partial charge < -0.3 is 4.42 Å². The summed E-state index contributed by atoms with van der Waals surface area (Å²) in [5, 5.41) is 0. The summed E-state index contributed by atoms with van der Waals surface area (Å²) >= 11 is 3.55. The molecule has 0 bridgehead atoms. The van der Waals surface area contributed by atoms with Gasteiger partial charge in [0.1, 0.15) is 5.76 Å². The Hall–Kier alpha value is -1.02. The molecule has 0 aliphatic rings. The Bertz CT molecular complexity index is 418. The lowest BCUT2D eigenvalue weighted by Crippen LogP contribution is -1.82. The molecule has 1 aromatic heterocycles. The highest BCUT2D eigenvalue weighted by Crippen LogP contribution is 2.29. The van der Waals surface area contributed by atoms with Crippen molar-refractivity contribution in [3.8, 4) is 11.3 Å². The van der Waals surface area contributed by atoms with E-state index in [0.717, 1.165) is 22.2 Å². The third-order valence-electron chi connectivity index (χ3n) is 2.23. The number of furan rings is 1. The van der Waals surface area contributed by atoms with Crippen LogP contribution in [-0.2, 0) is 6.42 Å². The van der Waals surface area contributed by atoms with Gasteiger partial charge >= 0.3 is 0 Å². The molecule has 0 fully saturated rings. The fourth-order valence-corrected chi connectivity index (χ4v) is 2.03. The van der Waals surface area contributed by atoms with E-state index in [1.165, 1.54) is 5.56 Å². The summed E-state index contributed by atoms with van der Waals surface area (Å²) in [7, 11) is 0. The van der Waals surface area contributed by atoms with Crippen LogP contribution >= 0.6 is 15.9 Å². The molecule has 2 rings (SSSR count). The first-order valence-corrected chi connectivity index (χ1v) is 5.43. The van der Waals surface area contributed by atoms with Gasteiger partial charge in [0.15, 0.2) is 0 Å². The molecule has 0 unspecified atom stereocenters. The van der Waals surface area contributed by atoms with Crippen molar-refractivity contribution in [3.05, 3.63) is 46.6 Å². The lowest BCUT2D eigenvalue weighted by atomic mass is 10.1. The molecule has 0 N–H and O–H groups in total. The van der Waals surface area contributed by atoms with Crippen LogP contribution < -0.4 is 0 Å². The molecule has 0 saturated heterocycles. The fraction of sp³-hybridized carbons (Fsp3) is 0.167. The summed E-state index contributed by atoms with van der Waals surface area (Å²) in [5.41, 5.74) is 2.43. The first-order valence-electron chi connectivity index (χ1n) is 4.63. The van der Waals surface area contributed by atoms with Crippen molar-refractivity contribution in [2.24, 2.45) is 0 Å². The quantitative estimate of drug-likeness (QED) is 0.776. The van der Waals surface area contributed by atoms with Crippen LogP contribution in [0.2, 0.25) is 0 Å². The molecule has 0 aliphatic carbocycles. The van der Waals surface area contributed by atoms with Crippen molar-refractivity contribution in [1.82, 2.24) is 0 Å². The highest BCUT2D eigenvalue weighted by molar-refractivity contribution is 9.10. The van der Waals surface area contributed by atoms with Crippen LogP contribution in [0.25, 0.3) is 11.3 Å². The monoisotopic (exact) mass is 250 g/mol. The highest BCUT2D eigenvalue weighted by Gasteiger charge is 2.05. The molecule has 0 aliphatic heterocycles. The molecular formula is C12H11BrO. The molecule has 0 radical (unpaired) electrons. The number of halogens is 1. The van der Waals surface area contributed by atoms with Crippen LogP contribution in [0.5, 0.6) is 0 Å². The minimum Gasteiger partial charge on any atom is -0.464 e. The maximum atomic E-state index is 5.34. The molecule has 2 aromatic rings. The number of hydrogen-bond donors (Lipinski definition) is 0. The summed E-state index contributed by atoms with van der Waals surface area (Å²) in [6.07, 6.45) is 2.74. The molecular weight excluding hydrogens is 240 g/mol. The van der Waals surface area contributed by atoms with E-state index in [9.17, 15) is 0 Å². The minimum absolute atomic E-state index is 0.902. The van der Waals surface area contributed by atoms with Gasteiger partial charge in [0.05, 0.1) is 6.26 Å². The Labute approximate surface area is 91.9 Å². The van der Waals surface area contributed by atoms with Crippen LogP contribution in [0, 0.1) is 0 Å². The maximum absolute atomic E-state index is 5.34. The minimum atomic E-state index is 0.902. The van der Waals surface area contributed by atoms with Gasteiger partial charge in [0.2, 0.25) is 0 Å². The lowest BCUT2D eigenvalue weighted by Gasteiger charge is -2.03. The summed E-state index contributed by atoms with van der Waals surface area (Å²) in [4.78, 5) is 0. The number of benzene rings is 1.